The van der Waals surface area contributed by atoms with E-state index in [0.29, 0.717) is 25.9 Å². The summed E-state index contributed by atoms with van der Waals surface area (Å²) in [7, 11) is 0. The maximum absolute atomic E-state index is 12.6. The van der Waals surface area contributed by atoms with Gasteiger partial charge in [-0.3, -0.25) is 9.59 Å². The highest BCUT2D eigenvalue weighted by Crippen LogP contribution is 2.29. The maximum atomic E-state index is 12.6. The van der Waals surface area contributed by atoms with Gasteiger partial charge in [-0.25, -0.2) is 9.69 Å². The van der Waals surface area contributed by atoms with Crippen LogP contribution in [-0.2, 0) is 15.7 Å². The molecule has 0 aliphatic carbocycles. The second-order valence-corrected chi connectivity index (χ2v) is 5.92. The topological polar surface area (TPSA) is 66.9 Å². The molecule has 0 bridgehead atoms. The van der Waals surface area contributed by atoms with Crippen LogP contribution in [0.2, 0.25) is 0 Å². The first-order valence-corrected chi connectivity index (χ1v) is 7.73. The number of benzene rings is 1. The van der Waals surface area contributed by atoms with Crippen LogP contribution in [0.4, 0.5) is 18.0 Å². The van der Waals surface area contributed by atoms with Crippen LogP contribution >= 0.6 is 0 Å². The third-order valence-electron chi connectivity index (χ3n) is 4.36. The fourth-order valence-electron chi connectivity index (χ4n) is 3.03. The molecule has 2 saturated heterocycles. The minimum Gasteiger partial charge on any atom is -0.439 e. The molecule has 2 heterocycles. The Bertz CT molecular complexity index is 678. The van der Waals surface area contributed by atoms with Crippen molar-refractivity contribution in [3.63, 3.8) is 0 Å². The third-order valence-corrected chi connectivity index (χ3v) is 4.36. The number of likely N-dealkylation sites (tertiary alicyclic amines) is 1. The highest BCUT2D eigenvalue weighted by atomic mass is 19.4. The molecule has 1 aromatic rings. The van der Waals surface area contributed by atoms with Gasteiger partial charge in [0.1, 0.15) is 0 Å². The number of hydrogen-bond acceptors (Lipinski definition) is 4. The molecular formula is C16H15F3N2O4. The monoisotopic (exact) mass is 356 g/mol. The molecule has 2 aliphatic heterocycles. The number of carbonyl (C=O) groups excluding carboxylic acids is 3. The lowest BCUT2D eigenvalue weighted by atomic mass is 10.0. The number of alkyl halides is 3. The smallest absolute Gasteiger partial charge is 0.417 e. The largest absolute Gasteiger partial charge is 0.439 e. The lowest BCUT2D eigenvalue weighted by Crippen LogP contribution is -2.48. The van der Waals surface area contributed by atoms with E-state index < -0.39 is 23.7 Å². The molecule has 0 radical (unpaired) electrons. The number of hydrogen-bond donors (Lipinski definition) is 0. The number of cyclic esters (lactones) is 1. The van der Waals surface area contributed by atoms with Crippen LogP contribution in [0, 0.1) is 0 Å². The van der Waals surface area contributed by atoms with E-state index in [1.54, 1.807) is 0 Å². The summed E-state index contributed by atoms with van der Waals surface area (Å²) in [4.78, 5) is 38.2. The number of imide groups is 1. The number of ether oxygens (including phenoxy) is 1. The van der Waals surface area contributed by atoms with Crippen LogP contribution in [0.1, 0.15) is 28.8 Å². The average Bonchev–Trinajstić information content (AvgIpc) is 2.92. The van der Waals surface area contributed by atoms with Gasteiger partial charge < -0.3 is 9.64 Å². The molecule has 25 heavy (non-hydrogen) atoms. The first kappa shape index (κ1) is 17.2. The highest BCUT2D eigenvalue weighted by Gasteiger charge is 2.39. The predicted octanol–water partition coefficient (Wildman–Crippen LogP) is 2.29. The first-order valence-electron chi connectivity index (χ1n) is 7.73. The van der Waals surface area contributed by atoms with Crippen molar-refractivity contribution in [2.75, 3.05) is 19.7 Å². The van der Waals surface area contributed by atoms with Gasteiger partial charge in [0.15, 0.2) is 6.61 Å². The van der Waals surface area contributed by atoms with Gasteiger partial charge in [-0.2, -0.15) is 13.2 Å². The standard InChI is InChI=1S/C16H15F3N2O4/c17-16(18,19)11-3-1-10(2-4-11)14(23)20-7-5-12(6-8-20)21-13(22)9-25-15(21)24/h1-4,12H,5-9H2. The summed E-state index contributed by atoms with van der Waals surface area (Å²) in [6.45, 7) is 0.354. The molecule has 0 saturated carbocycles. The number of rotatable bonds is 2. The molecule has 3 rings (SSSR count). The summed E-state index contributed by atoms with van der Waals surface area (Å²) in [5.41, 5.74) is -0.642. The Morgan fingerprint density at radius 3 is 2.16 bits per heavy atom. The van der Waals surface area contributed by atoms with Crippen LogP contribution in [0.15, 0.2) is 24.3 Å². The first-order chi connectivity index (χ1) is 11.8. The Balaban J connectivity index is 1.62. The van der Waals surface area contributed by atoms with Gasteiger partial charge in [0.2, 0.25) is 0 Å². The number of amides is 3. The molecule has 9 heteroatoms. The zero-order chi connectivity index (χ0) is 18.2. The van der Waals surface area contributed by atoms with E-state index in [-0.39, 0.29) is 24.1 Å². The Kier molecular flexibility index (Phi) is 4.40. The Morgan fingerprint density at radius 1 is 1.08 bits per heavy atom. The lowest BCUT2D eigenvalue weighted by Gasteiger charge is -2.34. The minimum atomic E-state index is -4.45. The zero-order valence-corrected chi connectivity index (χ0v) is 13.1. The predicted molar refractivity (Wildman–Crippen MR) is 78.6 cm³/mol. The van der Waals surface area contributed by atoms with Gasteiger partial charge in [-0.05, 0) is 37.1 Å². The number of carbonyl (C=O) groups is 3. The normalized spacial score (nSPS) is 19.3. The molecule has 2 aliphatic rings. The van der Waals surface area contributed by atoms with E-state index in [4.69, 9.17) is 0 Å². The van der Waals surface area contributed by atoms with E-state index in [1.165, 1.54) is 4.90 Å². The molecule has 134 valence electrons. The molecule has 0 unspecified atom stereocenters. The highest BCUT2D eigenvalue weighted by molar-refractivity contribution is 5.98. The van der Waals surface area contributed by atoms with Crippen LogP contribution < -0.4 is 0 Å². The third kappa shape index (κ3) is 3.45. The molecule has 6 nitrogen and oxygen atoms in total. The molecule has 2 fully saturated rings. The van der Waals surface area contributed by atoms with Crippen LogP contribution in [0.3, 0.4) is 0 Å². The SMILES string of the molecule is O=C(c1ccc(C(F)(F)F)cc1)N1CCC(N2C(=O)COC2=O)CC1. The Labute approximate surface area is 141 Å². The van der Waals surface area contributed by atoms with E-state index >= 15 is 0 Å². The fourth-order valence-corrected chi connectivity index (χ4v) is 3.03. The minimum absolute atomic E-state index is 0.170. The molecule has 3 amide bonds. The van der Waals surface area contributed by atoms with Gasteiger partial charge >= 0.3 is 12.3 Å². The van der Waals surface area contributed by atoms with E-state index in [0.717, 1.165) is 29.2 Å². The lowest BCUT2D eigenvalue weighted by molar-refractivity contribution is -0.137. The van der Waals surface area contributed by atoms with Crippen molar-refractivity contribution in [2.24, 2.45) is 0 Å². The average molecular weight is 356 g/mol. The summed E-state index contributed by atoms with van der Waals surface area (Å²) in [5, 5.41) is 0. The Hall–Kier alpha value is -2.58. The van der Waals surface area contributed by atoms with Gasteiger partial charge in [0, 0.05) is 24.7 Å². The van der Waals surface area contributed by atoms with Crippen molar-refractivity contribution < 1.29 is 32.3 Å². The summed E-state index contributed by atoms with van der Waals surface area (Å²) in [6, 6.07) is 3.73. The van der Waals surface area contributed by atoms with Crippen LogP contribution in [-0.4, -0.2) is 53.4 Å². The summed E-state index contributed by atoms with van der Waals surface area (Å²) in [6.07, 6.45) is -4.30. The second-order valence-electron chi connectivity index (χ2n) is 5.92. The van der Waals surface area contributed by atoms with Crippen LogP contribution in [0.5, 0.6) is 0 Å². The number of nitrogens with zero attached hydrogens (tertiary/aromatic N) is 2. The van der Waals surface area contributed by atoms with Gasteiger partial charge in [0.05, 0.1) is 5.56 Å². The molecule has 0 N–H and O–H groups in total. The van der Waals surface area contributed by atoms with Crippen molar-refractivity contribution in [2.45, 2.75) is 25.1 Å². The molecule has 0 spiro atoms. The fraction of sp³-hybridized carbons (Fsp3) is 0.438. The second kappa shape index (κ2) is 6.38. The van der Waals surface area contributed by atoms with Crippen molar-refractivity contribution in [3.8, 4) is 0 Å². The summed E-state index contributed by atoms with van der Waals surface area (Å²) < 4.78 is 42.4. The molecule has 0 atom stereocenters. The van der Waals surface area contributed by atoms with Crippen molar-refractivity contribution in [1.29, 1.82) is 0 Å². The Morgan fingerprint density at radius 2 is 1.68 bits per heavy atom. The quantitative estimate of drug-likeness (QED) is 0.816. The molecule has 1 aromatic carbocycles. The molecular weight excluding hydrogens is 341 g/mol. The van der Waals surface area contributed by atoms with E-state index in [1.807, 2.05) is 0 Å². The van der Waals surface area contributed by atoms with Crippen LogP contribution in [0.25, 0.3) is 0 Å². The van der Waals surface area contributed by atoms with Crippen molar-refractivity contribution >= 4 is 17.9 Å². The van der Waals surface area contributed by atoms with Crippen molar-refractivity contribution in [3.05, 3.63) is 35.4 Å². The number of piperidine rings is 1. The van der Waals surface area contributed by atoms with E-state index in [9.17, 15) is 27.6 Å². The van der Waals surface area contributed by atoms with Gasteiger partial charge in [0.25, 0.3) is 11.8 Å². The van der Waals surface area contributed by atoms with E-state index in [2.05, 4.69) is 4.74 Å². The summed E-state index contributed by atoms with van der Waals surface area (Å²) >= 11 is 0. The van der Waals surface area contributed by atoms with Crippen molar-refractivity contribution in [1.82, 2.24) is 9.80 Å². The van der Waals surface area contributed by atoms with Gasteiger partial charge in [-0.15, -0.1) is 0 Å². The maximum Gasteiger partial charge on any atom is 0.417 e. The number of halogens is 3. The zero-order valence-electron chi connectivity index (χ0n) is 13.1. The van der Waals surface area contributed by atoms with Gasteiger partial charge in [-0.1, -0.05) is 0 Å². The summed E-state index contributed by atoms with van der Waals surface area (Å²) in [5.74, 6) is -0.764. The molecule has 0 aromatic heterocycles.